The predicted octanol–water partition coefficient (Wildman–Crippen LogP) is 4.67. The minimum Gasteiger partial charge on any atom is -0.453 e. The minimum atomic E-state index is -3.91. The normalized spacial score (nSPS) is 11.4. The van der Waals surface area contributed by atoms with Crippen LogP contribution in [-0.2, 0) is 14.8 Å². The number of halogens is 3. The number of methoxy groups -OCH3 is 1. The maximum absolute atomic E-state index is 13.9. The molecule has 0 aliphatic rings. The van der Waals surface area contributed by atoms with Crippen LogP contribution in [0.15, 0.2) is 52.0 Å². The Morgan fingerprint density at radius 1 is 1.27 bits per heavy atom. The Morgan fingerprint density at radius 2 is 2.00 bits per heavy atom. The molecule has 0 bridgehead atoms. The van der Waals surface area contributed by atoms with E-state index in [9.17, 15) is 17.6 Å². The Bertz CT molecular complexity index is 1270. The lowest BCUT2D eigenvalue weighted by molar-refractivity contribution is 0.133. The summed E-state index contributed by atoms with van der Waals surface area (Å²) in [7, 11) is -1.08. The summed E-state index contributed by atoms with van der Waals surface area (Å²) in [5.74, 6) is -0.0121. The van der Waals surface area contributed by atoms with Crippen molar-refractivity contribution >= 4 is 43.6 Å². The van der Waals surface area contributed by atoms with Crippen molar-refractivity contribution in [2.24, 2.45) is 0 Å². The van der Waals surface area contributed by atoms with Crippen LogP contribution in [0.25, 0.3) is 22.6 Å². The maximum Gasteiger partial charge on any atom is 0.409 e. The second-order valence-electron chi connectivity index (χ2n) is 7.05. The van der Waals surface area contributed by atoms with E-state index in [4.69, 9.17) is 11.6 Å². The molecule has 33 heavy (non-hydrogen) atoms. The van der Waals surface area contributed by atoms with Crippen LogP contribution in [0.1, 0.15) is 6.42 Å². The minimum absolute atomic E-state index is 0.0553. The molecule has 0 aliphatic carbocycles. The van der Waals surface area contributed by atoms with Gasteiger partial charge in [-0.25, -0.2) is 27.3 Å². The van der Waals surface area contributed by atoms with Crippen LogP contribution in [0.2, 0.25) is 5.02 Å². The Balaban J connectivity index is 1.76. The van der Waals surface area contributed by atoms with Crippen LogP contribution in [0.5, 0.6) is 0 Å². The van der Waals surface area contributed by atoms with Gasteiger partial charge < -0.3 is 14.6 Å². The van der Waals surface area contributed by atoms with Gasteiger partial charge in [-0.15, -0.1) is 0 Å². The molecule has 3 aromatic rings. The number of aromatic nitrogens is 2. The van der Waals surface area contributed by atoms with Gasteiger partial charge in [-0.3, -0.25) is 0 Å². The Hall–Kier alpha value is -2.47. The zero-order valence-corrected chi connectivity index (χ0v) is 20.9. The van der Waals surface area contributed by atoms with Gasteiger partial charge in [0.1, 0.15) is 16.5 Å². The number of rotatable bonds is 8. The number of aromatic amines is 1. The third-order valence-electron chi connectivity index (χ3n) is 4.74. The highest BCUT2D eigenvalue weighted by Gasteiger charge is 2.20. The van der Waals surface area contributed by atoms with Crippen molar-refractivity contribution in [3.63, 3.8) is 0 Å². The molecule has 0 saturated carbocycles. The number of imidazole rings is 1. The first kappa shape index (κ1) is 25.2. The number of amides is 1. The van der Waals surface area contributed by atoms with Gasteiger partial charge in [-0.05, 0) is 52.7 Å². The molecule has 0 unspecified atom stereocenters. The fourth-order valence-corrected chi connectivity index (χ4v) is 4.82. The number of hydrogen-bond donors (Lipinski definition) is 2. The Kier molecular flexibility index (Phi) is 8.11. The van der Waals surface area contributed by atoms with E-state index in [2.05, 4.69) is 35.4 Å². The third kappa shape index (κ3) is 6.11. The number of nitrogens with zero attached hydrogens (tertiary/aromatic N) is 2. The number of nitrogens with one attached hydrogen (secondary N) is 2. The first-order valence-electron chi connectivity index (χ1n) is 9.72. The third-order valence-corrected chi connectivity index (χ3v) is 7.32. The summed E-state index contributed by atoms with van der Waals surface area (Å²) in [5, 5.41) is 0.0553. The molecule has 1 amide bonds. The van der Waals surface area contributed by atoms with Crippen molar-refractivity contribution in [2.75, 3.05) is 27.2 Å². The molecule has 0 spiro atoms. The molecule has 2 N–H and O–H groups in total. The second-order valence-corrected chi connectivity index (χ2v) is 10.0. The zero-order valence-electron chi connectivity index (χ0n) is 17.7. The van der Waals surface area contributed by atoms with Gasteiger partial charge in [0.15, 0.2) is 0 Å². The number of benzene rings is 2. The van der Waals surface area contributed by atoms with E-state index >= 15 is 0 Å². The van der Waals surface area contributed by atoms with Crippen molar-refractivity contribution in [3.05, 3.63) is 57.9 Å². The van der Waals surface area contributed by atoms with Crippen LogP contribution < -0.4 is 4.72 Å². The first-order valence-corrected chi connectivity index (χ1v) is 12.4. The quantitative estimate of drug-likeness (QED) is 0.391. The summed E-state index contributed by atoms with van der Waals surface area (Å²) in [5.41, 5.74) is 1.57. The average molecular weight is 560 g/mol. The molecule has 0 fully saturated rings. The second kappa shape index (κ2) is 10.6. The van der Waals surface area contributed by atoms with E-state index in [0.29, 0.717) is 40.1 Å². The molecule has 0 atom stereocenters. The molecule has 2 aromatic carbocycles. The molecule has 12 heteroatoms. The van der Waals surface area contributed by atoms with Crippen LogP contribution in [0.4, 0.5) is 9.18 Å². The van der Waals surface area contributed by atoms with Crippen LogP contribution >= 0.6 is 27.5 Å². The smallest absolute Gasteiger partial charge is 0.409 e. The maximum atomic E-state index is 13.9. The lowest BCUT2D eigenvalue weighted by atomic mass is 10.2. The first-order chi connectivity index (χ1) is 15.6. The Morgan fingerprint density at radius 3 is 2.70 bits per heavy atom. The van der Waals surface area contributed by atoms with Crippen LogP contribution in [-0.4, -0.2) is 56.6 Å². The summed E-state index contributed by atoms with van der Waals surface area (Å²) in [4.78, 5) is 20.1. The molecule has 0 aliphatic heterocycles. The van der Waals surface area contributed by atoms with Crippen molar-refractivity contribution in [1.82, 2.24) is 19.6 Å². The fraction of sp³-hybridized carbons (Fsp3) is 0.238. The van der Waals surface area contributed by atoms with E-state index in [1.165, 1.54) is 30.2 Å². The van der Waals surface area contributed by atoms with Crippen molar-refractivity contribution in [2.45, 2.75) is 11.3 Å². The number of ether oxygens (including phenoxy) is 1. The molecule has 0 saturated heterocycles. The number of H-pyrrole nitrogens is 1. The van der Waals surface area contributed by atoms with Gasteiger partial charge in [0.2, 0.25) is 10.0 Å². The molecule has 3 rings (SSSR count). The largest absolute Gasteiger partial charge is 0.453 e. The Labute approximate surface area is 204 Å². The highest BCUT2D eigenvalue weighted by atomic mass is 79.9. The lowest BCUT2D eigenvalue weighted by Crippen LogP contribution is -2.31. The zero-order chi connectivity index (χ0) is 24.2. The predicted molar refractivity (Wildman–Crippen MR) is 127 cm³/mol. The number of sulfonamides is 1. The molecule has 176 valence electrons. The summed E-state index contributed by atoms with van der Waals surface area (Å²) >= 11 is 9.27. The van der Waals surface area contributed by atoms with E-state index in [-0.39, 0.29) is 16.5 Å². The van der Waals surface area contributed by atoms with Crippen LogP contribution in [0.3, 0.4) is 0 Å². The summed E-state index contributed by atoms with van der Waals surface area (Å²) in [6, 6.07) is 9.17. The van der Waals surface area contributed by atoms with Crippen LogP contribution in [0, 0.1) is 5.82 Å². The van der Waals surface area contributed by atoms with Crippen molar-refractivity contribution < 1.29 is 22.3 Å². The van der Waals surface area contributed by atoms with Crippen molar-refractivity contribution in [3.8, 4) is 22.6 Å². The topological polar surface area (TPSA) is 104 Å². The number of carbonyl (C=O) groups is 1. The standard InChI is InChI=1S/C21H21BrClFN4O4S/c1-28(21(29)32-2)9-3-8-26-33(30,31)19-11-14(5-7-16(19)23)20-25-12-18(27-20)13-4-6-15(22)17(24)10-13/h4-7,10-12,26H,3,8-9H2,1-2H3,(H,25,27). The summed E-state index contributed by atoms with van der Waals surface area (Å²) < 4.78 is 46.9. The monoisotopic (exact) mass is 558 g/mol. The SMILES string of the molecule is COC(=O)N(C)CCCNS(=O)(=O)c1cc(-c2nc(-c3ccc(Br)c(F)c3)c[nH]2)ccc1Cl. The summed E-state index contributed by atoms with van der Waals surface area (Å²) in [6.07, 6.45) is 1.49. The molecular weight excluding hydrogens is 539 g/mol. The van der Waals surface area contributed by atoms with E-state index in [1.807, 2.05) is 0 Å². The molecule has 1 aromatic heterocycles. The number of hydrogen-bond acceptors (Lipinski definition) is 5. The molecular formula is C21H21BrClFN4O4S. The molecule has 8 nitrogen and oxygen atoms in total. The van der Waals surface area contributed by atoms with E-state index < -0.39 is 21.9 Å². The van der Waals surface area contributed by atoms with Gasteiger partial charge >= 0.3 is 6.09 Å². The van der Waals surface area contributed by atoms with Gasteiger partial charge in [-0.1, -0.05) is 17.7 Å². The highest BCUT2D eigenvalue weighted by molar-refractivity contribution is 9.10. The van der Waals surface area contributed by atoms with Crippen molar-refractivity contribution in [1.29, 1.82) is 0 Å². The lowest BCUT2D eigenvalue weighted by Gasteiger charge is -2.15. The average Bonchev–Trinajstić information content (AvgIpc) is 3.28. The van der Waals surface area contributed by atoms with Gasteiger partial charge in [-0.2, -0.15) is 0 Å². The summed E-state index contributed by atoms with van der Waals surface area (Å²) in [6.45, 7) is 0.416. The van der Waals surface area contributed by atoms with Gasteiger partial charge in [0.05, 0.1) is 22.3 Å². The number of carbonyl (C=O) groups excluding carboxylic acids is 1. The molecule has 0 radical (unpaired) electrons. The molecule has 1 heterocycles. The van der Waals surface area contributed by atoms with Gasteiger partial charge in [0, 0.05) is 37.5 Å². The van der Waals surface area contributed by atoms with E-state index in [1.54, 1.807) is 31.4 Å². The fourth-order valence-electron chi connectivity index (χ4n) is 2.98. The van der Waals surface area contributed by atoms with E-state index in [0.717, 1.165) is 0 Å². The van der Waals surface area contributed by atoms with Gasteiger partial charge in [0.25, 0.3) is 0 Å². The highest BCUT2D eigenvalue weighted by Crippen LogP contribution is 2.29.